The van der Waals surface area contributed by atoms with Crippen LogP contribution in [0.4, 0.5) is 4.79 Å². The van der Waals surface area contributed by atoms with Crippen LogP contribution in [0.3, 0.4) is 0 Å². The molecule has 0 aliphatic carbocycles. The first-order valence-electron chi connectivity index (χ1n) is 10.2. The molecule has 1 aromatic rings. The molecule has 2 saturated heterocycles. The van der Waals surface area contributed by atoms with E-state index in [0.29, 0.717) is 17.7 Å². The topological polar surface area (TPSA) is 156 Å². The van der Waals surface area contributed by atoms with Gasteiger partial charge < -0.3 is 15.2 Å². The Bertz CT molecular complexity index is 970. The van der Waals surface area contributed by atoms with Gasteiger partial charge in [0.1, 0.15) is 12.3 Å². The second kappa shape index (κ2) is 10.3. The number of urea groups is 1. The van der Waals surface area contributed by atoms with E-state index in [2.05, 4.69) is 10.7 Å². The lowest BCUT2D eigenvalue weighted by Crippen LogP contribution is -2.64. The highest BCUT2D eigenvalue weighted by Crippen LogP contribution is 2.24. The number of fused-ring (bicyclic) bond motifs is 1. The van der Waals surface area contributed by atoms with Crippen molar-refractivity contribution in [3.05, 3.63) is 34.9 Å². The van der Waals surface area contributed by atoms with Gasteiger partial charge in [-0.3, -0.25) is 24.6 Å². The Morgan fingerprint density at radius 2 is 1.88 bits per heavy atom. The number of nitrogens with zero attached hydrogens (tertiary/aromatic N) is 3. The molecular weight excluding hydrogens is 458 g/mol. The molecule has 2 unspecified atom stereocenters. The number of rotatable bonds is 7. The molecule has 2 aliphatic rings. The van der Waals surface area contributed by atoms with Gasteiger partial charge in [0.15, 0.2) is 0 Å². The number of hydrogen-bond acceptors (Lipinski definition) is 6. The number of carbonyl (C=O) groups is 6. The third-order valence-electron chi connectivity index (χ3n) is 5.20. The van der Waals surface area contributed by atoms with Gasteiger partial charge in [-0.05, 0) is 37.1 Å². The molecule has 12 nitrogen and oxygen atoms in total. The predicted octanol–water partition coefficient (Wildman–Crippen LogP) is 0.177. The highest BCUT2D eigenvalue weighted by Gasteiger charge is 2.44. The van der Waals surface area contributed by atoms with Gasteiger partial charge in [-0.2, -0.15) is 0 Å². The van der Waals surface area contributed by atoms with Crippen molar-refractivity contribution < 1.29 is 33.9 Å². The summed E-state index contributed by atoms with van der Waals surface area (Å²) in [7, 11) is 0. The lowest BCUT2D eigenvalue weighted by molar-refractivity contribution is -0.155. The molecule has 1 aromatic carbocycles. The van der Waals surface area contributed by atoms with Gasteiger partial charge in [-0.15, -0.1) is 0 Å². The van der Waals surface area contributed by atoms with Crippen molar-refractivity contribution in [3.8, 4) is 0 Å². The van der Waals surface area contributed by atoms with Crippen LogP contribution in [0.5, 0.6) is 0 Å². The summed E-state index contributed by atoms with van der Waals surface area (Å²) in [5.74, 6) is -3.08. The Hall–Kier alpha value is -3.67. The van der Waals surface area contributed by atoms with Crippen LogP contribution in [0.15, 0.2) is 24.3 Å². The van der Waals surface area contributed by atoms with E-state index in [1.165, 1.54) is 24.3 Å². The van der Waals surface area contributed by atoms with Crippen LogP contribution in [0.25, 0.3) is 0 Å². The summed E-state index contributed by atoms with van der Waals surface area (Å²) in [4.78, 5) is 73.4. The molecule has 2 heterocycles. The Balaban J connectivity index is 1.80. The second-order valence-corrected chi connectivity index (χ2v) is 7.94. The molecule has 2 fully saturated rings. The number of aliphatic carboxylic acids is 1. The number of hydrogen-bond donors (Lipinski definition) is 3. The van der Waals surface area contributed by atoms with E-state index in [-0.39, 0.29) is 31.5 Å². The number of hydrazine groups is 2. The minimum absolute atomic E-state index is 0.0898. The molecule has 3 N–H and O–H groups in total. The molecule has 3 rings (SSSR count). The Labute approximate surface area is 193 Å². The van der Waals surface area contributed by atoms with E-state index in [0.717, 1.165) is 15.0 Å². The van der Waals surface area contributed by atoms with Crippen LogP contribution in [-0.4, -0.2) is 81.3 Å². The fourth-order valence-corrected chi connectivity index (χ4v) is 3.73. The first-order chi connectivity index (χ1) is 15.7. The molecule has 33 heavy (non-hydrogen) atoms. The number of benzene rings is 1. The van der Waals surface area contributed by atoms with E-state index in [1.807, 2.05) is 0 Å². The Kier molecular flexibility index (Phi) is 7.48. The maximum absolute atomic E-state index is 13.3. The van der Waals surface area contributed by atoms with Crippen LogP contribution in [0.2, 0.25) is 5.02 Å². The summed E-state index contributed by atoms with van der Waals surface area (Å²) in [5.41, 5.74) is 2.68. The molecule has 0 saturated carbocycles. The number of halogens is 1. The molecule has 0 spiro atoms. The monoisotopic (exact) mass is 479 g/mol. The molecule has 2 aliphatic heterocycles. The van der Waals surface area contributed by atoms with Gasteiger partial charge in [-0.1, -0.05) is 11.6 Å². The van der Waals surface area contributed by atoms with E-state index in [9.17, 15) is 28.8 Å². The third kappa shape index (κ3) is 5.58. The highest BCUT2D eigenvalue weighted by atomic mass is 35.5. The molecule has 0 bridgehead atoms. The number of carbonyl (C=O) groups excluding carboxylic acids is 5. The van der Waals surface area contributed by atoms with Crippen LogP contribution in [-0.2, 0) is 19.2 Å². The quantitative estimate of drug-likeness (QED) is 0.471. The minimum Gasteiger partial charge on any atom is -0.481 e. The van der Waals surface area contributed by atoms with Crippen molar-refractivity contribution >= 4 is 47.6 Å². The number of carboxylic acids is 1. The average molecular weight is 480 g/mol. The van der Waals surface area contributed by atoms with Crippen molar-refractivity contribution in [2.45, 2.75) is 37.8 Å². The summed E-state index contributed by atoms with van der Waals surface area (Å²) in [6.45, 7) is 0.0773. The normalized spacial score (nSPS) is 19.3. The van der Waals surface area contributed by atoms with Crippen molar-refractivity contribution in [2.24, 2.45) is 0 Å². The molecule has 0 radical (unpaired) electrons. The number of amides is 5. The molecule has 176 valence electrons. The van der Waals surface area contributed by atoms with Gasteiger partial charge in [0, 0.05) is 23.6 Å². The highest BCUT2D eigenvalue weighted by molar-refractivity contribution is 6.30. The molecule has 13 heteroatoms. The van der Waals surface area contributed by atoms with Crippen molar-refractivity contribution in [1.82, 2.24) is 25.8 Å². The maximum Gasteiger partial charge on any atom is 0.358 e. The Morgan fingerprint density at radius 3 is 2.52 bits per heavy atom. The van der Waals surface area contributed by atoms with E-state index in [4.69, 9.17) is 16.7 Å². The standard InChI is InChI=1S/C20H22ClN5O7/c21-13-5-3-12(4-6-13)18(31)23-24-9-7-16(28)25-8-1-2-15(26(25)20(24)33)19(32)22-14(11-27)10-17(29)30/h3-6,11,14-15H,1-2,7-10H2,(H,22,32)(H,23,31)(H,29,30). The van der Waals surface area contributed by atoms with Crippen molar-refractivity contribution in [3.63, 3.8) is 0 Å². The van der Waals surface area contributed by atoms with Gasteiger partial charge in [-0.25, -0.2) is 19.8 Å². The van der Waals surface area contributed by atoms with Crippen LogP contribution in [0, 0.1) is 0 Å². The smallest absolute Gasteiger partial charge is 0.358 e. The van der Waals surface area contributed by atoms with Crippen LogP contribution >= 0.6 is 11.6 Å². The largest absolute Gasteiger partial charge is 0.481 e. The summed E-state index contributed by atoms with van der Waals surface area (Å²) >= 11 is 5.83. The van der Waals surface area contributed by atoms with E-state index < -0.39 is 48.2 Å². The van der Waals surface area contributed by atoms with Gasteiger partial charge in [0.2, 0.25) is 11.8 Å². The molecule has 5 amide bonds. The second-order valence-electron chi connectivity index (χ2n) is 7.50. The summed E-state index contributed by atoms with van der Waals surface area (Å²) in [5, 5.41) is 14.7. The van der Waals surface area contributed by atoms with Crippen molar-refractivity contribution in [2.75, 3.05) is 13.1 Å². The molecular formula is C20H22ClN5O7. The molecule has 2 atom stereocenters. The maximum atomic E-state index is 13.3. The van der Waals surface area contributed by atoms with Crippen LogP contribution in [0.1, 0.15) is 36.0 Å². The zero-order valence-corrected chi connectivity index (χ0v) is 18.2. The van der Waals surface area contributed by atoms with Gasteiger partial charge in [0.05, 0.1) is 19.0 Å². The number of carboxylic acid groups (broad SMARTS) is 1. The van der Waals surface area contributed by atoms with Crippen molar-refractivity contribution in [1.29, 1.82) is 0 Å². The lowest BCUT2D eigenvalue weighted by atomic mass is 10.1. The Morgan fingerprint density at radius 1 is 1.18 bits per heavy atom. The lowest BCUT2D eigenvalue weighted by Gasteiger charge is -2.42. The SMILES string of the molecule is O=CC(CC(=O)O)NC(=O)C1CCCN2C(=O)CCN(NC(=O)c3ccc(Cl)cc3)C(=O)N12. The number of aldehydes is 1. The fourth-order valence-electron chi connectivity index (χ4n) is 3.60. The molecule has 0 aromatic heterocycles. The zero-order valence-electron chi connectivity index (χ0n) is 17.4. The average Bonchev–Trinajstić information content (AvgIpc) is 2.90. The van der Waals surface area contributed by atoms with E-state index >= 15 is 0 Å². The first-order valence-corrected chi connectivity index (χ1v) is 10.5. The minimum atomic E-state index is -1.29. The van der Waals surface area contributed by atoms with Gasteiger partial charge in [0.25, 0.3) is 5.91 Å². The first kappa shape index (κ1) is 24.0. The van der Waals surface area contributed by atoms with E-state index in [1.54, 1.807) is 0 Å². The summed E-state index contributed by atoms with van der Waals surface area (Å²) in [6.07, 6.45) is 0.171. The summed E-state index contributed by atoms with van der Waals surface area (Å²) in [6, 6.07) is 2.70. The summed E-state index contributed by atoms with van der Waals surface area (Å²) < 4.78 is 0. The van der Waals surface area contributed by atoms with Crippen LogP contribution < -0.4 is 10.7 Å². The predicted molar refractivity (Wildman–Crippen MR) is 112 cm³/mol. The fraction of sp³-hybridized carbons (Fsp3) is 0.400. The zero-order chi connectivity index (χ0) is 24.1. The third-order valence-corrected chi connectivity index (χ3v) is 5.45. The van der Waals surface area contributed by atoms with Gasteiger partial charge >= 0.3 is 12.0 Å². The number of nitrogens with one attached hydrogen (secondary N) is 2.